The molecule has 31 heavy (non-hydrogen) atoms. The molecule has 7 nitrogen and oxygen atoms in total. The lowest BCUT2D eigenvalue weighted by atomic mass is 9.95. The quantitative estimate of drug-likeness (QED) is 0.381. The molecule has 1 N–H and O–H groups in total. The van der Waals surface area contributed by atoms with Crippen LogP contribution in [0.2, 0.25) is 0 Å². The van der Waals surface area contributed by atoms with Gasteiger partial charge in [0.1, 0.15) is 24.5 Å². The molecule has 1 unspecified atom stereocenters. The van der Waals surface area contributed by atoms with Gasteiger partial charge in [0.05, 0.1) is 18.0 Å². The molecule has 0 aliphatic carbocycles. The number of carboxylic acids is 1. The second-order valence-electron chi connectivity index (χ2n) is 7.14. The average molecular weight is 422 g/mol. The molecule has 0 saturated heterocycles. The minimum absolute atomic E-state index is 0.328. The molecule has 3 aromatic rings. The van der Waals surface area contributed by atoms with Crippen LogP contribution in [0.1, 0.15) is 23.9 Å². The molecule has 0 spiro atoms. The molecule has 1 heterocycles. The van der Waals surface area contributed by atoms with Crippen LogP contribution in [0.3, 0.4) is 0 Å². The Morgan fingerprint density at radius 2 is 1.87 bits per heavy atom. The van der Waals surface area contributed by atoms with Gasteiger partial charge in [-0.2, -0.15) is 0 Å². The summed E-state index contributed by atoms with van der Waals surface area (Å²) in [6.07, 6.45) is 0.951. The number of aryl methyl sites for hydroxylation is 1. The number of rotatable bonds is 10. The van der Waals surface area contributed by atoms with Crippen LogP contribution in [-0.4, -0.2) is 35.5 Å². The molecular weight excluding hydrogens is 396 g/mol. The zero-order chi connectivity index (χ0) is 22.2. The third-order valence-electron chi connectivity index (χ3n) is 4.92. The van der Waals surface area contributed by atoms with E-state index >= 15 is 0 Å². The van der Waals surface area contributed by atoms with E-state index in [2.05, 4.69) is 10.1 Å². The lowest BCUT2D eigenvalue weighted by Crippen LogP contribution is -2.24. The number of carboxylic acid groups (broad SMARTS) is 1. The van der Waals surface area contributed by atoms with Crippen LogP contribution in [0, 0.1) is 12.8 Å². The summed E-state index contributed by atoms with van der Waals surface area (Å²) in [5.74, 6) is 0.433. The zero-order valence-corrected chi connectivity index (χ0v) is 17.9. The molecule has 1 aromatic heterocycles. The van der Waals surface area contributed by atoms with Crippen molar-refractivity contribution >= 4 is 11.7 Å². The molecule has 3 rings (SSSR count). The van der Waals surface area contributed by atoms with Crippen molar-refractivity contribution in [3.63, 3.8) is 0 Å². The van der Waals surface area contributed by atoms with E-state index in [0.29, 0.717) is 36.8 Å². The Morgan fingerprint density at radius 1 is 1.16 bits per heavy atom. The summed E-state index contributed by atoms with van der Waals surface area (Å²) in [5.41, 5.74) is 3.12. The third kappa shape index (κ3) is 5.94. The molecule has 0 aliphatic rings. The first-order chi connectivity index (χ1) is 15.0. The van der Waals surface area contributed by atoms with Gasteiger partial charge in [0.2, 0.25) is 5.89 Å². The predicted molar refractivity (Wildman–Crippen MR) is 117 cm³/mol. The zero-order valence-electron chi connectivity index (χ0n) is 17.9. The Kier molecular flexibility index (Phi) is 7.43. The van der Waals surface area contributed by atoms with Gasteiger partial charge in [-0.1, -0.05) is 35.5 Å². The molecule has 1 atom stereocenters. The van der Waals surface area contributed by atoms with Gasteiger partial charge in [0.15, 0.2) is 0 Å². The van der Waals surface area contributed by atoms with Crippen molar-refractivity contribution in [1.82, 2.24) is 4.98 Å². The van der Waals surface area contributed by atoms with E-state index in [1.54, 1.807) is 6.92 Å². The van der Waals surface area contributed by atoms with Crippen LogP contribution in [-0.2, 0) is 22.5 Å². The second-order valence-corrected chi connectivity index (χ2v) is 7.14. The number of carbonyl (C=O) groups is 1. The van der Waals surface area contributed by atoms with E-state index < -0.39 is 11.9 Å². The third-order valence-corrected chi connectivity index (χ3v) is 4.92. The molecule has 0 radical (unpaired) electrons. The molecule has 0 saturated carbocycles. The number of oxazole rings is 1. The van der Waals surface area contributed by atoms with Crippen molar-refractivity contribution in [1.29, 1.82) is 0 Å². The first-order valence-corrected chi connectivity index (χ1v) is 10.0. The monoisotopic (exact) mass is 422 g/mol. The van der Waals surface area contributed by atoms with Crippen LogP contribution in [0.5, 0.6) is 5.75 Å². The normalized spacial score (nSPS) is 12.4. The number of aliphatic carboxylic acids is 1. The molecule has 7 heteroatoms. The van der Waals surface area contributed by atoms with E-state index in [1.165, 1.54) is 7.11 Å². The Hall–Kier alpha value is -3.61. The van der Waals surface area contributed by atoms with E-state index in [-0.39, 0.29) is 0 Å². The molecule has 0 aliphatic heterocycles. The van der Waals surface area contributed by atoms with Crippen molar-refractivity contribution in [2.45, 2.75) is 26.7 Å². The van der Waals surface area contributed by atoms with Crippen LogP contribution >= 0.6 is 0 Å². The first-order valence-electron chi connectivity index (χ1n) is 10.0. The fraction of sp³-hybridized carbons (Fsp3) is 0.292. The Labute approximate surface area is 181 Å². The minimum Gasteiger partial charge on any atom is -0.493 e. The highest BCUT2D eigenvalue weighted by atomic mass is 16.6. The van der Waals surface area contributed by atoms with E-state index in [1.807, 2.05) is 61.5 Å². The summed E-state index contributed by atoms with van der Waals surface area (Å²) in [5, 5.41) is 13.2. The van der Waals surface area contributed by atoms with E-state index in [0.717, 1.165) is 22.6 Å². The maximum Gasteiger partial charge on any atom is 0.312 e. The minimum atomic E-state index is -0.934. The summed E-state index contributed by atoms with van der Waals surface area (Å²) in [6.45, 7) is 4.00. The standard InChI is InChI=1S/C24H26N2O5/c1-16(26-29-3)21(24(27)28)15-18-9-11-20(12-10-18)30-14-13-22-17(2)31-23(25-22)19-7-5-4-6-8-19/h4-12,21H,13-15H2,1-3H3,(H,27,28). The van der Waals surface area contributed by atoms with Gasteiger partial charge in [-0.3, -0.25) is 4.79 Å². The first kappa shape index (κ1) is 22.1. The van der Waals surface area contributed by atoms with Gasteiger partial charge >= 0.3 is 5.97 Å². The highest BCUT2D eigenvalue weighted by molar-refractivity contribution is 6.00. The molecule has 0 bridgehead atoms. The number of hydrogen-bond acceptors (Lipinski definition) is 6. The number of benzene rings is 2. The second kappa shape index (κ2) is 10.4. The molecular formula is C24H26N2O5. The van der Waals surface area contributed by atoms with Gasteiger partial charge in [-0.05, 0) is 50.1 Å². The lowest BCUT2D eigenvalue weighted by Gasteiger charge is -2.12. The molecule has 162 valence electrons. The molecule has 0 fully saturated rings. The highest BCUT2D eigenvalue weighted by Crippen LogP contribution is 2.22. The molecule has 2 aromatic carbocycles. The van der Waals surface area contributed by atoms with Crippen LogP contribution in [0.25, 0.3) is 11.5 Å². The summed E-state index contributed by atoms with van der Waals surface area (Å²) >= 11 is 0. The fourth-order valence-corrected chi connectivity index (χ4v) is 3.21. The van der Waals surface area contributed by atoms with Gasteiger partial charge < -0.3 is 19.1 Å². The number of aromatic nitrogens is 1. The van der Waals surface area contributed by atoms with Gasteiger partial charge in [-0.25, -0.2) is 4.98 Å². The van der Waals surface area contributed by atoms with Gasteiger partial charge in [-0.15, -0.1) is 0 Å². The van der Waals surface area contributed by atoms with Crippen molar-refractivity contribution in [2.24, 2.45) is 11.1 Å². The number of nitrogens with zero attached hydrogens (tertiary/aromatic N) is 2. The average Bonchev–Trinajstić information content (AvgIpc) is 3.14. The highest BCUT2D eigenvalue weighted by Gasteiger charge is 2.22. The van der Waals surface area contributed by atoms with E-state index in [4.69, 9.17) is 14.0 Å². The summed E-state index contributed by atoms with van der Waals surface area (Å²) in [7, 11) is 1.40. The van der Waals surface area contributed by atoms with Crippen LogP contribution < -0.4 is 4.74 Å². The maximum atomic E-state index is 11.5. The van der Waals surface area contributed by atoms with Crippen molar-refractivity contribution in [2.75, 3.05) is 13.7 Å². The Bertz CT molecular complexity index is 1030. The number of hydrogen-bond donors (Lipinski definition) is 1. The van der Waals surface area contributed by atoms with Crippen molar-refractivity contribution < 1.29 is 23.9 Å². The van der Waals surface area contributed by atoms with Gasteiger partial charge in [0.25, 0.3) is 0 Å². The largest absolute Gasteiger partial charge is 0.493 e. The van der Waals surface area contributed by atoms with Gasteiger partial charge in [0, 0.05) is 12.0 Å². The molecule has 0 amide bonds. The summed E-state index contributed by atoms with van der Waals surface area (Å²) in [6, 6.07) is 17.2. The number of ether oxygens (including phenoxy) is 1. The van der Waals surface area contributed by atoms with Crippen molar-refractivity contribution in [3.05, 3.63) is 71.6 Å². The number of oxime groups is 1. The Balaban J connectivity index is 1.56. The van der Waals surface area contributed by atoms with Crippen LogP contribution in [0.4, 0.5) is 0 Å². The fourth-order valence-electron chi connectivity index (χ4n) is 3.21. The van der Waals surface area contributed by atoms with Crippen LogP contribution in [0.15, 0.2) is 64.2 Å². The lowest BCUT2D eigenvalue weighted by molar-refractivity contribution is -0.139. The smallest absolute Gasteiger partial charge is 0.312 e. The SMILES string of the molecule is CON=C(C)C(Cc1ccc(OCCc2nc(-c3ccccc3)oc2C)cc1)C(=O)O. The predicted octanol–water partition coefficient (Wildman–Crippen LogP) is 4.54. The van der Waals surface area contributed by atoms with E-state index in [9.17, 15) is 9.90 Å². The summed E-state index contributed by atoms with van der Waals surface area (Å²) in [4.78, 5) is 20.8. The van der Waals surface area contributed by atoms with Crippen molar-refractivity contribution in [3.8, 4) is 17.2 Å². The Morgan fingerprint density at radius 3 is 2.52 bits per heavy atom. The summed E-state index contributed by atoms with van der Waals surface area (Å²) < 4.78 is 11.6. The maximum absolute atomic E-state index is 11.5. The topological polar surface area (TPSA) is 94.2 Å².